The third-order valence-electron chi connectivity index (χ3n) is 2.22. The quantitative estimate of drug-likeness (QED) is 0.286. The van der Waals surface area contributed by atoms with Crippen LogP contribution in [-0.4, -0.2) is 47.2 Å². The van der Waals surface area contributed by atoms with Crippen molar-refractivity contribution in [2.75, 3.05) is 13.7 Å². The molecule has 1 aromatic rings. The van der Waals surface area contributed by atoms with Gasteiger partial charge in [-0.3, -0.25) is 4.79 Å². The number of amides is 1. The molecule has 0 aromatic heterocycles. The summed E-state index contributed by atoms with van der Waals surface area (Å²) in [6.07, 6.45) is 1.10. The number of nitrogens with one attached hydrogen (secondary N) is 1. The predicted octanol–water partition coefficient (Wildman–Crippen LogP) is -0.351. The highest BCUT2D eigenvalue weighted by atomic mass is 35.5. The van der Waals surface area contributed by atoms with Crippen molar-refractivity contribution in [3.05, 3.63) is 17.7 Å². The standard InChI is InChI=1S/C11H15N3O5.ClH/c1-19-5-7(12)11(18)14-13-4-6-2-3-8(15)10(17)9(6)16;/h2-4,7,15-17H,5,12H2,1H3,(H,14,18);1H/b13-4+;. The van der Waals surface area contributed by atoms with E-state index in [1.807, 2.05) is 0 Å². The maximum Gasteiger partial charge on any atom is 0.259 e. The number of ether oxygens (including phenoxy) is 1. The van der Waals surface area contributed by atoms with Gasteiger partial charge in [0.1, 0.15) is 6.04 Å². The van der Waals surface area contributed by atoms with Crippen LogP contribution in [0.15, 0.2) is 17.2 Å². The molecule has 0 radical (unpaired) electrons. The van der Waals surface area contributed by atoms with Crippen molar-refractivity contribution in [1.82, 2.24) is 5.43 Å². The predicted molar refractivity (Wildman–Crippen MR) is 74.3 cm³/mol. The minimum atomic E-state index is -0.857. The number of nitrogens with two attached hydrogens (primary N) is 1. The Morgan fingerprint density at radius 1 is 1.45 bits per heavy atom. The molecule has 0 saturated carbocycles. The number of nitrogens with zero attached hydrogens (tertiary/aromatic N) is 1. The van der Waals surface area contributed by atoms with E-state index < -0.39 is 29.2 Å². The van der Waals surface area contributed by atoms with Crippen molar-refractivity contribution in [1.29, 1.82) is 0 Å². The molecule has 0 heterocycles. The zero-order chi connectivity index (χ0) is 14.4. The van der Waals surface area contributed by atoms with Crippen LogP contribution >= 0.6 is 12.4 Å². The third-order valence-corrected chi connectivity index (χ3v) is 2.22. The van der Waals surface area contributed by atoms with Crippen molar-refractivity contribution in [2.24, 2.45) is 10.8 Å². The average molecular weight is 306 g/mol. The molecular formula is C11H16ClN3O5. The lowest BCUT2D eigenvalue weighted by Crippen LogP contribution is -2.41. The van der Waals surface area contributed by atoms with E-state index >= 15 is 0 Å². The van der Waals surface area contributed by atoms with Gasteiger partial charge in [-0.05, 0) is 12.1 Å². The van der Waals surface area contributed by atoms with Crippen molar-refractivity contribution in [3.8, 4) is 17.2 Å². The monoisotopic (exact) mass is 305 g/mol. The Morgan fingerprint density at radius 3 is 2.70 bits per heavy atom. The second kappa shape index (κ2) is 8.20. The van der Waals surface area contributed by atoms with Gasteiger partial charge < -0.3 is 25.8 Å². The molecule has 20 heavy (non-hydrogen) atoms. The normalized spacial score (nSPS) is 11.9. The fourth-order valence-electron chi connectivity index (χ4n) is 1.19. The number of hydrogen-bond acceptors (Lipinski definition) is 7. The summed E-state index contributed by atoms with van der Waals surface area (Å²) >= 11 is 0. The first-order valence-corrected chi connectivity index (χ1v) is 5.28. The molecule has 1 unspecified atom stereocenters. The van der Waals surface area contributed by atoms with Crippen LogP contribution in [0.2, 0.25) is 0 Å². The van der Waals surface area contributed by atoms with Crippen molar-refractivity contribution in [3.63, 3.8) is 0 Å². The third kappa shape index (κ3) is 4.57. The van der Waals surface area contributed by atoms with E-state index in [4.69, 9.17) is 15.6 Å². The fraction of sp³-hybridized carbons (Fsp3) is 0.273. The molecule has 6 N–H and O–H groups in total. The number of halogens is 1. The van der Waals surface area contributed by atoms with Gasteiger partial charge in [-0.1, -0.05) is 0 Å². The number of carbonyl (C=O) groups excluding carboxylic acids is 1. The van der Waals surface area contributed by atoms with Gasteiger partial charge in [0.05, 0.1) is 12.8 Å². The molecule has 1 rings (SSSR count). The second-order valence-corrected chi connectivity index (χ2v) is 3.67. The van der Waals surface area contributed by atoms with Crippen LogP contribution in [0.5, 0.6) is 17.2 Å². The number of hydrazone groups is 1. The highest BCUT2D eigenvalue weighted by molar-refractivity contribution is 5.87. The van der Waals surface area contributed by atoms with Crippen molar-refractivity contribution < 1.29 is 24.9 Å². The number of phenols is 3. The Bertz CT molecular complexity index is 495. The molecule has 0 aliphatic rings. The van der Waals surface area contributed by atoms with E-state index in [1.54, 1.807) is 0 Å². The van der Waals surface area contributed by atoms with Crippen molar-refractivity contribution in [2.45, 2.75) is 6.04 Å². The van der Waals surface area contributed by atoms with Crippen LogP contribution in [0, 0.1) is 0 Å². The lowest BCUT2D eigenvalue weighted by molar-refractivity contribution is -0.123. The van der Waals surface area contributed by atoms with E-state index in [9.17, 15) is 15.0 Å². The molecule has 0 aliphatic heterocycles. The minimum absolute atomic E-state index is 0. The lowest BCUT2D eigenvalue weighted by Gasteiger charge is -2.07. The summed E-state index contributed by atoms with van der Waals surface area (Å²) in [5, 5.41) is 31.4. The topological polar surface area (TPSA) is 137 Å². The number of phenolic OH excluding ortho intramolecular Hbond substituents is 3. The molecule has 1 amide bonds. The van der Waals surface area contributed by atoms with E-state index in [1.165, 1.54) is 19.2 Å². The molecule has 0 aliphatic carbocycles. The van der Waals surface area contributed by atoms with Gasteiger partial charge in [-0.25, -0.2) is 5.43 Å². The molecule has 0 saturated heterocycles. The first kappa shape index (κ1) is 18.0. The van der Waals surface area contributed by atoms with Gasteiger partial charge in [0.15, 0.2) is 11.5 Å². The van der Waals surface area contributed by atoms with Gasteiger partial charge >= 0.3 is 0 Å². The largest absolute Gasteiger partial charge is 0.504 e. The number of methoxy groups -OCH3 is 1. The first-order chi connectivity index (χ1) is 8.97. The Labute approximate surface area is 121 Å². The average Bonchev–Trinajstić information content (AvgIpc) is 2.39. The van der Waals surface area contributed by atoms with Crippen LogP contribution in [-0.2, 0) is 9.53 Å². The first-order valence-electron chi connectivity index (χ1n) is 5.28. The molecule has 112 valence electrons. The van der Waals surface area contributed by atoms with Crippen LogP contribution in [0.25, 0.3) is 0 Å². The lowest BCUT2D eigenvalue weighted by atomic mass is 10.2. The Balaban J connectivity index is 0.00000361. The second-order valence-electron chi connectivity index (χ2n) is 3.67. The highest BCUT2D eigenvalue weighted by Crippen LogP contribution is 2.36. The number of carbonyl (C=O) groups is 1. The SMILES string of the molecule is COCC(N)C(=O)N/N=C/c1ccc(O)c(O)c1O.Cl. The van der Waals surface area contributed by atoms with E-state index in [0.717, 1.165) is 6.21 Å². The number of rotatable bonds is 5. The molecule has 0 spiro atoms. The molecule has 0 bridgehead atoms. The smallest absolute Gasteiger partial charge is 0.259 e. The summed E-state index contributed by atoms with van der Waals surface area (Å²) < 4.78 is 4.70. The van der Waals surface area contributed by atoms with Gasteiger partial charge in [0, 0.05) is 12.7 Å². The van der Waals surface area contributed by atoms with Gasteiger partial charge in [0.2, 0.25) is 5.75 Å². The number of aromatic hydroxyl groups is 3. The maximum atomic E-state index is 11.3. The van der Waals surface area contributed by atoms with Gasteiger partial charge in [-0.2, -0.15) is 5.10 Å². The summed E-state index contributed by atoms with van der Waals surface area (Å²) in [5.41, 5.74) is 7.72. The maximum absolute atomic E-state index is 11.3. The number of benzene rings is 1. The van der Waals surface area contributed by atoms with Gasteiger partial charge in [0.25, 0.3) is 5.91 Å². The van der Waals surface area contributed by atoms with E-state index in [-0.39, 0.29) is 24.6 Å². The Morgan fingerprint density at radius 2 is 2.10 bits per heavy atom. The van der Waals surface area contributed by atoms with Crippen LogP contribution in [0.3, 0.4) is 0 Å². The summed E-state index contributed by atoms with van der Waals surface area (Å²) in [6.45, 7) is 0.0482. The molecule has 8 nitrogen and oxygen atoms in total. The zero-order valence-electron chi connectivity index (χ0n) is 10.6. The summed E-state index contributed by atoms with van der Waals surface area (Å²) in [4.78, 5) is 11.3. The van der Waals surface area contributed by atoms with Crippen LogP contribution < -0.4 is 11.2 Å². The molecular weight excluding hydrogens is 290 g/mol. The van der Waals surface area contributed by atoms with E-state index in [2.05, 4.69) is 10.5 Å². The Kier molecular flexibility index (Phi) is 7.37. The Hall–Kier alpha value is -2.03. The summed E-state index contributed by atoms with van der Waals surface area (Å²) in [6, 6.07) is 1.63. The van der Waals surface area contributed by atoms with E-state index in [0.29, 0.717) is 0 Å². The molecule has 0 fully saturated rings. The van der Waals surface area contributed by atoms with Gasteiger partial charge in [-0.15, -0.1) is 12.4 Å². The van der Waals surface area contributed by atoms with Crippen LogP contribution in [0.1, 0.15) is 5.56 Å². The molecule has 1 atom stereocenters. The highest BCUT2D eigenvalue weighted by Gasteiger charge is 2.12. The van der Waals surface area contributed by atoms with Crippen LogP contribution in [0.4, 0.5) is 0 Å². The number of hydrogen-bond donors (Lipinski definition) is 5. The molecule has 1 aromatic carbocycles. The fourth-order valence-corrected chi connectivity index (χ4v) is 1.19. The zero-order valence-corrected chi connectivity index (χ0v) is 11.4. The summed E-state index contributed by atoms with van der Waals surface area (Å²) in [5.74, 6) is -2.22. The van der Waals surface area contributed by atoms with Crippen molar-refractivity contribution >= 4 is 24.5 Å². The minimum Gasteiger partial charge on any atom is -0.504 e. The molecule has 9 heteroatoms. The summed E-state index contributed by atoms with van der Waals surface area (Å²) in [7, 11) is 1.41.